The monoisotopic (exact) mass is 268 g/mol. The molecule has 1 heterocycles. The van der Waals surface area contributed by atoms with E-state index in [9.17, 15) is 9.18 Å². The highest BCUT2D eigenvalue weighted by Crippen LogP contribution is 2.25. The summed E-state index contributed by atoms with van der Waals surface area (Å²) in [5.41, 5.74) is 0.881. The molecule has 1 aromatic carbocycles. The van der Waals surface area contributed by atoms with Crippen LogP contribution in [0.4, 0.5) is 4.39 Å². The summed E-state index contributed by atoms with van der Waals surface area (Å²) in [6.45, 7) is 3.39. The van der Waals surface area contributed by atoms with Crippen LogP contribution in [0, 0.1) is 19.7 Å². The second-order valence-electron chi connectivity index (χ2n) is 3.84. The maximum absolute atomic E-state index is 13.6. The Morgan fingerprint density at radius 2 is 2.11 bits per heavy atom. The van der Waals surface area contributed by atoms with Gasteiger partial charge in [0, 0.05) is 0 Å². The Labute approximate surface area is 108 Å². The van der Waals surface area contributed by atoms with Gasteiger partial charge in [-0.25, -0.2) is 13.9 Å². The smallest absolute Gasteiger partial charge is 0.340 e. The van der Waals surface area contributed by atoms with Crippen LogP contribution >= 0.6 is 11.6 Å². The summed E-state index contributed by atoms with van der Waals surface area (Å²) in [5.74, 6) is -2.14. The van der Waals surface area contributed by atoms with Crippen molar-refractivity contribution >= 4 is 17.6 Å². The Morgan fingerprint density at radius 3 is 2.61 bits per heavy atom. The standard InChI is InChI=1S/C12H10ClFN2O2/c1-6-11(13)7(2)16(15-6)9-5-3-4-8(14)10(9)12(17)18/h3-5H,1-2H3,(H,17,18). The molecule has 0 fully saturated rings. The first kappa shape index (κ1) is 12.6. The number of carbonyl (C=O) groups is 1. The lowest BCUT2D eigenvalue weighted by atomic mass is 10.1. The van der Waals surface area contributed by atoms with Gasteiger partial charge in [0.25, 0.3) is 0 Å². The first-order valence-corrected chi connectivity index (χ1v) is 5.55. The first-order valence-electron chi connectivity index (χ1n) is 5.17. The van der Waals surface area contributed by atoms with Gasteiger partial charge >= 0.3 is 5.97 Å². The fourth-order valence-electron chi connectivity index (χ4n) is 1.76. The highest BCUT2D eigenvalue weighted by Gasteiger charge is 2.20. The molecule has 2 aromatic rings. The molecule has 0 amide bonds. The van der Waals surface area contributed by atoms with E-state index in [2.05, 4.69) is 5.10 Å². The third-order valence-corrected chi connectivity index (χ3v) is 3.18. The van der Waals surface area contributed by atoms with Crippen LogP contribution in [0.25, 0.3) is 5.69 Å². The van der Waals surface area contributed by atoms with Crippen LogP contribution in [0.2, 0.25) is 5.02 Å². The zero-order valence-electron chi connectivity index (χ0n) is 9.74. The van der Waals surface area contributed by atoms with Crippen molar-refractivity contribution in [1.29, 1.82) is 0 Å². The molecule has 18 heavy (non-hydrogen) atoms. The number of benzene rings is 1. The number of aryl methyl sites for hydroxylation is 1. The van der Waals surface area contributed by atoms with E-state index in [1.807, 2.05) is 0 Å². The van der Waals surface area contributed by atoms with Crippen molar-refractivity contribution in [3.63, 3.8) is 0 Å². The zero-order chi connectivity index (χ0) is 13.4. The van der Waals surface area contributed by atoms with Gasteiger partial charge in [-0.15, -0.1) is 0 Å². The highest BCUT2D eigenvalue weighted by atomic mass is 35.5. The third kappa shape index (κ3) is 1.86. The van der Waals surface area contributed by atoms with Gasteiger partial charge in [-0.1, -0.05) is 17.7 Å². The minimum Gasteiger partial charge on any atom is -0.478 e. The molecule has 0 saturated heterocycles. The lowest BCUT2D eigenvalue weighted by Gasteiger charge is -2.08. The molecule has 4 nitrogen and oxygen atoms in total. The zero-order valence-corrected chi connectivity index (χ0v) is 10.5. The molecule has 1 N–H and O–H groups in total. The number of hydrogen-bond acceptors (Lipinski definition) is 2. The van der Waals surface area contributed by atoms with E-state index in [1.54, 1.807) is 13.8 Å². The normalized spacial score (nSPS) is 10.7. The Balaban J connectivity index is 2.75. The largest absolute Gasteiger partial charge is 0.478 e. The van der Waals surface area contributed by atoms with Crippen LogP contribution in [-0.2, 0) is 0 Å². The average Bonchev–Trinajstić information content (AvgIpc) is 2.56. The molecule has 6 heteroatoms. The quantitative estimate of drug-likeness (QED) is 0.911. The predicted molar refractivity (Wildman–Crippen MR) is 65.0 cm³/mol. The molecule has 0 aliphatic rings. The summed E-state index contributed by atoms with van der Waals surface area (Å²) in [6, 6.07) is 4.02. The van der Waals surface area contributed by atoms with Crippen LogP contribution in [-0.4, -0.2) is 20.9 Å². The van der Waals surface area contributed by atoms with Crippen molar-refractivity contribution in [1.82, 2.24) is 9.78 Å². The number of aromatic nitrogens is 2. The van der Waals surface area contributed by atoms with Gasteiger partial charge in [0.05, 0.1) is 22.1 Å². The number of hydrogen-bond donors (Lipinski definition) is 1. The fourth-order valence-corrected chi connectivity index (χ4v) is 1.88. The summed E-state index contributed by atoms with van der Waals surface area (Å²) < 4.78 is 14.9. The van der Waals surface area contributed by atoms with Crippen molar-refractivity contribution in [3.8, 4) is 5.69 Å². The minimum absolute atomic E-state index is 0.162. The molecular weight excluding hydrogens is 259 g/mol. The Morgan fingerprint density at radius 1 is 1.44 bits per heavy atom. The second-order valence-corrected chi connectivity index (χ2v) is 4.21. The van der Waals surface area contributed by atoms with Crippen LogP contribution in [0.3, 0.4) is 0 Å². The molecule has 1 aromatic heterocycles. The van der Waals surface area contributed by atoms with Crippen molar-refractivity contribution in [3.05, 3.63) is 46.0 Å². The van der Waals surface area contributed by atoms with Crippen LogP contribution in [0.1, 0.15) is 21.7 Å². The van der Waals surface area contributed by atoms with Gasteiger partial charge < -0.3 is 5.11 Å². The maximum atomic E-state index is 13.6. The molecule has 0 radical (unpaired) electrons. The van der Waals surface area contributed by atoms with E-state index in [0.717, 1.165) is 6.07 Å². The summed E-state index contributed by atoms with van der Waals surface area (Å²) in [6.07, 6.45) is 0. The molecule has 0 unspecified atom stereocenters. The van der Waals surface area contributed by atoms with Crippen molar-refractivity contribution in [2.24, 2.45) is 0 Å². The maximum Gasteiger partial charge on any atom is 0.340 e. The Hall–Kier alpha value is -1.88. The predicted octanol–water partition coefficient (Wildman–Crippen LogP) is 2.98. The topological polar surface area (TPSA) is 55.1 Å². The fraction of sp³-hybridized carbons (Fsp3) is 0.167. The summed E-state index contributed by atoms with van der Waals surface area (Å²) in [4.78, 5) is 11.1. The van der Waals surface area contributed by atoms with E-state index < -0.39 is 17.3 Å². The molecule has 2 rings (SSSR count). The van der Waals surface area contributed by atoms with E-state index in [1.165, 1.54) is 16.8 Å². The summed E-state index contributed by atoms with van der Waals surface area (Å²) in [5, 5.41) is 13.6. The number of carboxylic acid groups (broad SMARTS) is 1. The summed E-state index contributed by atoms with van der Waals surface area (Å²) in [7, 11) is 0. The number of rotatable bonds is 2. The van der Waals surface area contributed by atoms with Crippen molar-refractivity contribution in [2.75, 3.05) is 0 Å². The Bertz CT molecular complexity index is 637. The SMILES string of the molecule is Cc1nn(-c2cccc(F)c2C(=O)O)c(C)c1Cl. The van der Waals surface area contributed by atoms with E-state index >= 15 is 0 Å². The van der Waals surface area contributed by atoms with Crippen LogP contribution in [0.15, 0.2) is 18.2 Å². The lowest BCUT2D eigenvalue weighted by molar-refractivity contribution is 0.0691. The number of nitrogens with zero attached hydrogens (tertiary/aromatic N) is 2. The first-order chi connectivity index (χ1) is 8.43. The molecular formula is C12H10ClFN2O2. The Kier molecular flexibility index (Phi) is 3.09. The van der Waals surface area contributed by atoms with Gasteiger partial charge in [-0.05, 0) is 26.0 Å². The third-order valence-electron chi connectivity index (χ3n) is 2.64. The number of carboxylic acids is 1. The molecule has 0 spiro atoms. The van der Waals surface area contributed by atoms with Gasteiger partial charge in [-0.3, -0.25) is 0 Å². The minimum atomic E-state index is -1.34. The molecule has 0 aliphatic carbocycles. The number of halogens is 2. The second kappa shape index (κ2) is 4.42. The van der Waals surface area contributed by atoms with Gasteiger partial charge in [0.2, 0.25) is 0 Å². The summed E-state index contributed by atoms with van der Waals surface area (Å²) >= 11 is 6.00. The van der Waals surface area contributed by atoms with Crippen molar-refractivity contribution < 1.29 is 14.3 Å². The molecule has 0 saturated carbocycles. The average molecular weight is 269 g/mol. The molecule has 0 bridgehead atoms. The number of aromatic carboxylic acids is 1. The molecule has 0 aliphatic heterocycles. The van der Waals surface area contributed by atoms with Gasteiger partial charge in [0.1, 0.15) is 11.4 Å². The van der Waals surface area contributed by atoms with Gasteiger partial charge in [-0.2, -0.15) is 5.10 Å². The van der Waals surface area contributed by atoms with E-state index in [4.69, 9.17) is 16.7 Å². The highest BCUT2D eigenvalue weighted by molar-refractivity contribution is 6.31. The molecule has 94 valence electrons. The van der Waals surface area contributed by atoms with Crippen molar-refractivity contribution in [2.45, 2.75) is 13.8 Å². The van der Waals surface area contributed by atoms with E-state index in [-0.39, 0.29) is 5.69 Å². The van der Waals surface area contributed by atoms with E-state index in [0.29, 0.717) is 16.4 Å². The molecule has 0 atom stereocenters. The van der Waals surface area contributed by atoms with Crippen LogP contribution < -0.4 is 0 Å². The van der Waals surface area contributed by atoms with Crippen LogP contribution in [0.5, 0.6) is 0 Å². The van der Waals surface area contributed by atoms with Gasteiger partial charge in [0.15, 0.2) is 0 Å². The lowest BCUT2D eigenvalue weighted by Crippen LogP contribution is -2.10.